The fourth-order valence-electron chi connectivity index (χ4n) is 3.55. The van der Waals surface area contributed by atoms with Gasteiger partial charge >= 0.3 is 6.18 Å². The number of anilines is 1. The lowest BCUT2D eigenvalue weighted by molar-refractivity contribution is -0.137. The first-order valence-electron chi connectivity index (χ1n) is 10.0. The SMILES string of the molecule is CC(C)c1ccc(CCC(=O)N2CCN(c3ccc(C(F)(F)F)cc3)CC2)cc1. The molecular formula is C23H27F3N2O. The van der Waals surface area contributed by atoms with E-state index in [4.69, 9.17) is 0 Å². The van der Waals surface area contributed by atoms with Crippen molar-refractivity contribution >= 4 is 11.6 Å². The number of halogens is 3. The minimum absolute atomic E-state index is 0.130. The van der Waals surface area contributed by atoms with Crippen molar-refractivity contribution in [1.82, 2.24) is 4.90 Å². The minimum Gasteiger partial charge on any atom is -0.368 e. The standard InChI is InChI=1S/C23H27F3N2O/c1-17(2)19-6-3-18(4-7-19)5-12-22(29)28-15-13-27(14-16-28)21-10-8-20(9-11-21)23(24,25)26/h3-4,6-11,17H,5,12-16H2,1-2H3. The number of aryl methyl sites for hydroxylation is 1. The van der Waals surface area contributed by atoms with Gasteiger partial charge in [0.15, 0.2) is 0 Å². The van der Waals surface area contributed by atoms with Crippen LogP contribution in [0.1, 0.15) is 42.9 Å². The Morgan fingerprint density at radius 1 is 0.931 bits per heavy atom. The number of hydrogen-bond donors (Lipinski definition) is 0. The van der Waals surface area contributed by atoms with E-state index in [1.165, 1.54) is 17.7 Å². The number of amides is 1. The van der Waals surface area contributed by atoms with E-state index in [2.05, 4.69) is 38.1 Å². The average Bonchev–Trinajstić information content (AvgIpc) is 2.72. The highest BCUT2D eigenvalue weighted by Crippen LogP contribution is 2.30. The van der Waals surface area contributed by atoms with Crippen LogP contribution in [0.5, 0.6) is 0 Å². The maximum absolute atomic E-state index is 12.7. The van der Waals surface area contributed by atoms with Gasteiger partial charge in [-0.15, -0.1) is 0 Å². The molecule has 0 aromatic heterocycles. The summed E-state index contributed by atoms with van der Waals surface area (Å²) in [5.41, 5.74) is 2.57. The fourth-order valence-corrected chi connectivity index (χ4v) is 3.55. The van der Waals surface area contributed by atoms with Crippen LogP contribution in [0.4, 0.5) is 18.9 Å². The van der Waals surface area contributed by atoms with E-state index < -0.39 is 11.7 Å². The summed E-state index contributed by atoms with van der Waals surface area (Å²) in [7, 11) is 0. The molecule has 1 heterocycles. The van der Waals surface area contributed by atoms with Crippen LogP contribution in [-0.2, 0) is 17.4 Å². The normalized spacial score (nSPS) is 15.1. The quantitative estimate of drug-likeness (QED) is 0.691. The van der Waals surface area contributed by atoms with Gasteiger partial charge in [-0.1, -0.05) is 38.1 Å². The largest absolute Gasteiger partial charge is 0.416 e. The van der Waals surface area contributed by atoms with Gasteiger partial charge < -0.3 is 9.80 Å². The molecule has 0 bridgehead atoms. The van der Waals surface area contributed by atoms with Gasteiger partial charge in [0.2, 0.25) is 5.91 Å². The lowest BCUT2D eigenvalue weighted by Gasteiger charge is -2.36. The molecule has 0 atom stereocenters. The van der Waals surface area contributed by atoms with Crippen LogP contribution in [0.2, 0.25) is 0 Å². The summed E-state index contributed by atoms with van der Waals surface area (Å²) in [5.74, 6) is 0.622. The Hall–Kier alpha value is -2.50. The van der Waals surface area contributed by atoms with Gasteiger partial charge in [0.05, 0.1) is 5.56 Å². The molecule has 156 valence electrons. The molecule has 1 aliphatic rings. The van der Waals surface area contributed by atoms with Gasteiger partial charge in [-0.05, 0) is 47.7 Å². The first kappa shape index (κ1) is 21.2. The number of benzene rings is 2. The summed E-state index contributed by atoms with van der Waals surface area (Å²) in [6, 6.07) is 13.6. The predicted molar refractivity (Wildman–Crippen MR) is 109 cm³/mol. The smallest absolute Gasteiger partial charge is 0.368 e. The van der Waals surface area contributed by atoms with Crippen molar-refractivity contribution in [3.63, 3.8) is 0 Å². The third-order valence-electron chi connectivity index (χ3n) is 5.47. The van der Waals surface area contributed by atoms with Crippen molar-refractivity contribution in [2.75, 3.05) is 31.1 Å². The lowest BCUT2D eigenvalue weighted by Crippen LogP contribution is -2.48. The van der Waals surface area contributed by atoms with Gasteiger partial charge in [0.1, 0.15) is 0 Å². The van der Waals surface area contributed by atoms with E-state index in [1.807, 2.05) is 9.80 Å². The van der Waals surface area contributed by atoms with E-state index in [0.717, 1.165) is 29.8 Å². The number of alkyl halides is 3. The van der Waals surface area contributed by atoms with E-state index in [9.17, 15) is 18.0 Å². The summed E-state index contributed by atoms with van der Waals surface area (Å²) < 4.78 is 38.1. The Bertz CT molecular complexity index is 806. The van der Waals surface area contributed by atoms with E-state index in [1.54, 1.807) is 0 Å². The van der Waals surface area contributed by atoms with Crippen LogP contribution in [0.3, 0.4) is 0 Å². The van der Waals surface area contributed by atoms with E-state index in [-0.39, 0.29) is 5.91 Å². The summed E-state index contributed by atoms with van der Waals surface area (Å²) in [5, 5.41) is 0. The highest BCUT2D eigenvalue weighted by Gasteiger charge is 2.30. The highest BCUT2D eigenvalue weighted by atomic mass is 19.4. The van der Waals surface area contributed by atoms with Crippen molar-refractivity contribution in [3.05, 3.63) is 65.2 Å². The van der Waals surface area contributed by atoms with E-state index in [0.29, 0.717) is 38.5 Å². The summed E-state index contributed by atoms with van der Waals surface area (Å²) in [6.45, 7) is 6.74. The van der Waals surface area contributed by atoms with Crippen LogP contribution in [0.15, 0.2) is 48.5 Å². The number of nitrogens with zero attached hydrogens (tertiary/aromatic N) is 2. The van der Waals surface area contributed by atoms with Crippen molar-refractivity contribution in [3.8, 4) is 0 Å². The van der Waals surface area contributed by atoms with Crippen molar-refractivity contribution in [1.29, 1.82) is 0 Å². The number of carbonyl (C=O) groups is 1. The first-order valence-corrected chi connectivity index (χ1v) is 10.0. The Labute approximate surface area is 170 Å². The van der Waals surface area contributed by atoms with Crippen LogP contribution in [0.25, 0.3) is 0 Å². The summed E-state index contributed by atoms with van der Waals surface area (Å²) >= 11 is 0. The van der Waals surface area contributed by atoms with Crippen LogP contribution >= 0.6 is 0 Å². The molecule has 2 aromatic carbocycles. The Kier molecular flexibility index (Phi) is 6.50. The molecule has 3 rings (SSSR count). The van der Waals surface area contributed by atoms with Crippen molar-refractivity contribution < 1.29 is 18.0 Å². The molecule has 1 aliphatic heterocycles. The molecule has 0 saturated carbocycles. The topological polar surface area (TPSA) is 23.6 Å². The zero-order valence-corrected chi connectivity index (χ0v) is 16.9. The third-order valence-corrected chi connectivity index (χ3v) is 5.47. The predicted octanol–water partition coefficient (Wildman–Crippen LogP) is 5.11. The molecule has 29 heavy (non-hydrogen) atoms. The van der Waals surface area contributed by atoms with Gasteiger partial charge in [0, 0.05) is 38.3 Å². The van der Waals surface area contributed by atoms with Crippen LogP contribution < -0.4 is 4.90 Å². The third kappa shape index (κ3) is 5.52. The van der Waals surface area contributed by atoms with E-state index >= 15 is 0 Å². The zero-order chi connectivity index (χ0) is 21.0. The second-order valence-electron chi connectivity index (χ2n) is 7.81. The number of hydrogen-bond acceptors (Lipinski definition) is 2. The fraction of sp³-hybridized carbons (Fsp3) is 0.435. The van der Waals surface area contributed by atoms with Gasteiger partial charge in [-0.25, -0.2) is 0 Å². The second-order valence-corrected chi connectivity index (χ2v) is 7.81. The van der Waals surface area contributed by atoms with Crippen molar-refractivity contribution in [2.45, 2.75) is 38.8 Å². The van der Waals surface area contributed by atoms with Crippen molar-refractivity contribution in [2.24, 2.45) is 0 Å². The zero-order valence-electron chi connectivity index (χ0n) is 16.9. The molecule has 0 unspecified atom stereocenters. The molecule has 0 radical (unpaired) electrons. The summed E-state index contributed by atoms with van der Waals surface area (Å²) in [4.78, 5) is 16.4. The molecule has 1 saturated heterocycles. The molecule has 2 aromatic rings. The number of piperazine rings is 1. The monoisotopic (exact) mass is 404 g/mol. The first-order chi connectivity index (χ1) is 13.7. The molecule has 6 heteroatoms. The Morgan fingerprint density at radius 3 is 2.03 bits per heavy atom. The van der Waals surface area contributed by atoms with Gasteiger partial charge in [0.25, 0.3) is 0 Å². The Balaban J connectivity index is 1.48. The van der Waals surface area contributed by atoms with Gasteiger partial charge in [-0.3, -0.25) is 4.79 Å². The average molecular weight is 404 g/mol. The summed E-state index contributed by atoms with van der Waals surface area (Å²) in [6.07, 6.45) is -3.13. The number of carbonyl (C=O) groups excluding carboxylic acids is 1. The molecule has 0 aliphatic carbocycles. The second kappa shape index (κ2) is 8.89. The number of rotatable bonds is 5. The maximum Gasteiger partial charge on any atom is 0.416 e. The molecular weight excluding hydrogens is 377 g/mol. The Morgan fingerprint density at radius 2 is 1.52 bits per heavy atom. The lowest BCUT2D eigenvalue weighted by atomic mass is 10.00. The van der Waals surface area contributed by atoms with Crippen LogP contribution in [-0.4, -0.2) is 37.0 Å². The van der Waals surface area contributed by atoms with Crippen LogP contribution in [0, 0.1) is 0 Å². The molecule has 0 N–H and O–H groups in total. The molecule has 3 nitrogen and oxygen atoms in total. The highest BCUT2D eigenvalue weighted by molar-refractivity contribution is 5.76. The molecule has 1 fully saturated rings. The van der Waals surface area contributed by atoms with Gasteiger partial charge in [-0.2, -0.15) is 13.2 Å². The maximum atomic E-state index is 12.7. The molecule has 0 spiro atoms. The minimum atomic E-state index is -4.32. The molecule has 1 amide bonds.